The zero-order valence-electron chi connectivity index (χ0n) is 20.4. The van der Waals surface area contributed by atoms with Crippen molar-refractivity contribution >= 4 is 10.0 Å². The molecule has 9 heteroatoms. The molecular formula is C25H36N2O6S. The first-order valence-corrected chi connectivity index (χ1v) is 13.0. The van der Waals surface area contributed by atoms with E-state index >= 15 is 0 Å². The van der Waals surface area contributed by atoms with Crippen molar-refractivity contribution < 1.29 is 27.7 Å². The molecule has 0 amide bonds. The van der Waals surface area contributed by atoms with Crippen LogP contribution in [0.25, 0.3) is 0 Å². The number of sulfonamides is 1. The summed E-state index contributed by atoms with van der Waals surface area (Å²) in [5.74, 6) is 1.64. The van der Waals surface area contributed by atoms with Crippen LogP contribution in [0.4, 0.5) is 0 Å². The van der Waals surface area contributed by atoms with E-state index in [-0.39, 0.29) is 6.61 Å². The summed E-state index contributed by atoms with van der Waals surface area (Å²) >= 11 is 0. The third kappa shape index (κ3) is 6.70. The second-order valence-electron chi connectivity index (χ2n) is 8.79. The fourth-order valence-corrected chi connectivity index (χ4v) is 5.38. The van der Waals surface area contributed by atoms with Crippen LogP contribution in [0.2, 0.25) is 0 Å². The highest BCUT2D eigenvalue weighted by Gasteiger charge is 2.29. The van der Waals surface area contributed by atoms with Gasteiger partial charge >= 0.3 is 0 Å². The molecule has 1 heterocycles. The first kappa shape index (κ1) is 26.4. The van der Waals surface area contributed by atoms with Crippen LogP contribution in [0.3, 0.4) is 0 Å². The highest BCUT2D eigenvalue weighted by Crippen LogP contribution is 2.28. The van der Waals surface area contributed by atoms with Crippen molar-refractivity contribution in [3.05, 3.63) is 53.6 Å². The van der Waals surface area contributed by atoms with E-state index in [9.17, 15) is 13.5 Å². The Kier molecular flexibility index (Phi) is 9.32. The fraction of sp³-hybridized carbons (Fsp3) is 0.520. The molecule has 0 unspecified atom stereocenters. The van der Waals surface area contributed by atoms with Crippen LogP contribution in [0.15, 0.2) is 47.4 Å². The standard InChI is InChI=1S/C25H36N2O6S/c1-19(2)21-6-8-23(9-7-21)34(29,30)27-13-11-26(12-14-27)16-22(28)18-33-17-20-5-10-24(31-3)25(15-20)32-4/h5-10,15,19,22,28H,11-14,16-18H2,1-4H3/t22-/m1/s1. The number of piperazine rings is 1. The van der Waals surface area contributed by atoms with Crippen molar-refractivity contribution in [2.24, 2.45) is 0 Å². The quantitative estimate of drug-likeness (QED) is 0.516. The molecule has 2 aromatic rings. The largest absolute Gasteiger partial charge is 0.493 e. The molecule has 0 radical (unpaired) electrons. The molecule has 2 aromatic carbocycles. The third-order valence-corrected chi connectivity index (χ3v) is 7.92. The molecule has 0 aromatic heterocycles. The first-order chi connectivity index (χ1) is 16.2. The molecule has 188 valence electrons. The van der Waals surface area contributed by atoms with Crippen molar-refractivity contribution in [1.82, 2.24) is 9.21 Å². The van der Waals surface area contributed by atoms with Gasteiger partial charge < -0.3 is 19.3 Å². The molecule has 1 atom stereocenters. The maximum atomic E-state index is 13.0. The lowest BCUT2D eigenvalue weighted by Gasteiger charge is -2.34. The SMILES string of the molecule is COc1ccc(COC[C@H](O)CN2CCN(S(=O)(=O)c3ccc(C(C)C)cc3)CC2)cc1OC. The molecule has 1 aliphatic rings. The third-order valence-electron chi connectivity index (χ3n) is 6.01. The maximum Gasteiger partial charge on any atom is 0.243 e. The Morgan fingerprint density at radius 1 is 0.941 bits per heavy atom. The summed E-state index contributed by atoms with van der Waals surface area (Å²) in [7, 11) is -0.342. The van der Waals surface area contributed by atoms with Gasteiger partial charge in [-0.05, 0) is 41.3 Å². The van der Waals surface area contributed by atoms with Gasteiger partial charge in [0.25, 0.3) is 0 Å². The molecule has 0 spiro atoms. The minimum absolute atomic E-state index is 0.190. The fourth-order valence-electron chi connectivity index (χ4n) is 3.96. The average Bonchev–Trinajstić information content (AvgIpc) is 2.84. The van der Waals surface area contributed by atoms with Gasteiger partial charge in [-0.2, -0.15) is 4.31 Å². The monoisotopic (exact) mass is 492 g/mol. The van der Waals surface area contributed by atoms with Gasteiger partial charge in [-0.15, -0.1) is 0 Å². The van der Waals surface area contributed by atoms with Gasteiger partial charge in [0.2, 0.25) is 10.0 Å². The molecule has 3 rings (SSSR count). The summed E-state index contributed by atoms with van der Waals surface area (Å²) < 4.78 is 43.7. The molecule has 0 bridgehead atoms. The van der Waals surface area contributed by atoms with E-state index in [1.165, 1.54) is 4.31 Å². The number of rotatable bonds is 11. The van der Waals surface area contributed by atoms with Gasteiger partial charge in [0, 0.05) is 32.7 Å². The predicted octanol–water partition coefficient (Wildman–Crippen LogP) is 2.71. The van der Waals surface area contributed by atoms with Crippen LogP contribution in [0.5, 0.6) is 11.5 Å². The van der Waals surface area contributed by atoms with Gasteiger partial charge in [0.15, 0.2) is 11.5 Å². The molecule has 1 aliphatic heterocycles. The lowest BCUT2D eigenvalue weighted by atomic mass is 10.0. The summed E-state index contributed by atoms with van der Waals surface area (Å²) in [5, 5.41) is 10.4. The van der Waals surface area contributed by atoms with Crippen molar-refractivity contribution in [3.8, 4) is 11.5 Å². The normalized spacial score (nSPS) is 16.5. The summed E-state index contributed by atoms with van der Waals surface area (Å²) in [6.45, 7) is 7.06. The van der Waals surface area contributed by atoms with Crippen LogP contribution >= 0.6 is 0 Å². The van der Waals surface area contributed by atoms with E-state index in [1.807, 2.05) is 30.3 Å². The van der Waals surface area contributed by atoms with E-state index in [0.717, 1.165) is 11.1 Å². The molecule has 0 aliphatic carbocycles. The minimum Gasteiger partial charge on any atom is -0.493 e. The molecule has 1 N–H and O–H groups in total. The molecule has 34 heavy (non-hydrogen) atoms. The lowest BCUT2D eigenvalue weighted by Crippen LogP contribution is -2.50. The lowest BCUT2D eigenvalue weighted by molar-refractivity contribution is 0.00534. The van der Waals surface area contributed by atoms with Gasteiger partial charge in [-0.25, -0.2) is 8.42 Å². The van der Waals surface area contributed by atoms with E-state index < -0.39 is 16.1 Å². The first-order valence-electron chi connectivity index (χ1n) is 11.5. The van der Waals surface area contributed by atoms with Gasteiger partial charge in [0.1, 0.15) is 0 Å². The van der Waals surface area contributed by atoms with Crippen LogP contribution < -0.4 is 9.47 Å². The summed E-state index contributed by atoms with van der Waals surface area (Å²) in [5.41, 5.74) is 2.04. The van der Waals surface area contributed by atoms with Crippen LogP contribution in [-0.4, -0.2) is 82.4 Å². The van der Waals surface area contributed by atoms with Crippen molar-refractivity contribution in [1.29, 1.82) is 0 Å². The van der Waals surface area contributed by atoms with Gasteiger partial charge in [0.05, 0.1) is 38.4 Å². The highest BCUT2D eigenvalue weighted by molar-refractivity contribution is 7.89. The Balaban J connectivity index is 1.43. The Morgan fingerprint density at radius 3 is 2.18 bits per heavy atom. The molecule has 1 fully saturated rings. The number of hydrogen-bond donors (Lipinski definition) is 1. The van der Waals surface area contributed by atoms with Crippen molar-refractivity contribution in [2.45, 2.75) is 37.4 Å². The predicted molar refractivity (Wildman–Crippen MR) is 131 cm³/mol. The average molecular weight is 493 g/mol. The smallest absolute Gasteiger partial charge is 0.243 e. The Bertz CT molecular complexity index is 1020. The minimum atomic E-state index is -3.51. The number of nitrogens with zero attached hydrogens (tertiary/aromatic N) is 2. The second kappa shape index (κ2) is 12.0. The van der Waals surface area contributed by atoms with Crippen LogP contribution in [0.1, 0.15) is 30.9 Å². The number of β-amino-alcohol motifs (C(OH)–C–C–N with tert-alkyl or cyclic N) is 1. The van der Waals surface area contributed by atoms with E-state index in [4.69, 9.17) is 14.2 Å². The summed E-state index contributed by atoms with van der Waals surface area (Å²) in [4.78, 5) is 2.40. The van der Waals surface area contributed by atoms with E-state index in [0.29, 0.717) is 61.6 Å². The second-order valence-corrected chi connectivity index (χ2v) is 10.7. The number of ether oxygens (including phenoxy) is 3. The Morgan fingerprint density at radius 2 is 1.59 bits per heavy atom. The summed E-state index contributed by atoms with van der Waals surface area (Å²) in [6, 6.07) is 12.7. The maximum absolute atomic E-state index is 13.0. The molecule has 8 nitrogen and oxygen atoms in total. The highest BCUT2D eigenvalue weighted by atomic mass is 32.2. The molecule has 0 saturated carbocycles. The summed E-state index contributed by atoms with van der Waals surface area (Å²) in [6.07, 6.45) is -0.660. The Labute approximate surface area is 203 Å². The Hall–Kier alpha value is -2.17. The molecular weight excluding hydrogens is 456 g/mol. The van der Waals surface area contributed by atoms with Gasteiger partial charge in [-0.1, -0.05) is 32.0 Å². The van der Waals surface area contributed by atoms with Crippen molar-refractivity contribution in [3.63, 3.8) is 0 Å². The van der Waals surface area contributed by atoms with E-state index in [2.05, 4.69) is 18.7 Å². The number of benzene rings is 2. The molecule has 1 saturated heterocycles. The zero-order valence-corrected chi connectivity index (χ0v) is 21.3. The number of hydrogen-bond acceptors (Lipinski definition) is 7. The van der Waals surface area contributed by atoms with Crippen LogP contribution in [0, 0.1) is 0 Å². The number of aliphatic hydroxyl groups is 1. The van der Waals surface area contributed by atoms with Gasteiger partial charge in [-0.3, -0.25) is 4.90 Å². The number of methoxy groups -OCH3 is 2. The van der Waals surface area contributed by atoms with E-state index in [1.54, 1.807) is 26.4 Å². The topological polar surface area (TPSA) is 88.5 Å². The van der Waals surface area contributed by atoms with Crippen molar-refractivity contribution in [2.75, 3.05) is 53.6 Å². The number of aliphatic hydroxyl groups excluding tert-OH is 1. The zero-order chi connectivity index (χ0) is 24.7. The van der Waals surface area contributed by atoms with Crippen LogP contribution in [-0.2, 0) is 21.4 Å².